The summed E-state index contributed by atoms with van der Waals surface area (Å²) < 4.78 is 3.49. The third-order valence-corrected chi connectivity index (χ3v) is 5.85. The van der Waals surface area contributed by atoms with Gasteiger partial charge in [0.15, 0.2) is 0 Å². The van der Waals surface area contributed by atoms with Gasteiger partial charge in [-0.15, -0.1) is 11.3 Å². The fourth-order valence-electron chi connectivity index (χ4n) is 3.36. The number of aliphatic carboxylic acids is 1. The molecular weight excluding hydrogens is 376 g/mol. The maximum Gasteiger partial charge on any atom is 0.323 e. The van der Waals surface area contributed by atoms with Crippen LogP contribution in [0.2, 0.25) is 0 Å². The Morgan fingerprint density at radius 1 is 1.25 bits per heavy atom. The normalized spacial score (nSPS) is 11.6. The second-order valence-corrected chi connectivity index (χ2v) is 8.09. The summed E-state index contributed by atoms with van der Waals surface area (Å²) in [6.45, 7) is 4.08. The number of aryl methyl sites for hydroxylation is 1. The first-order chi connectivity index (χ1) is 13.3. The molecule has 8 heteroatoms. The number of hydrogen-bond donors (Lipinski definition) is 2. The van der Waals surface area contributed by atoms with Crippen molar-refractivity contribution < 1.29 is 14.7 Å². The number of carbonyl (C=O) groups is 2. The van der Waals surface area contributed by atoms with E-state index < -0.39 is 5.97 Å². The first kappa shape index (κ1) is 18.2. The molecule has 28 heavy (non-hydrogen) atoms. The van der Waals surface area contributed by atoms with Gasteiger partial charge in [0.2, 0.25) is 0 Å². The smallest absolute Gasteiger partial charge is 0.323 e. The van der Waals surface area contributed by atoms with Crippen LogP contribution >= 0.6 is 11.3 Å². The van der Waals surface area contributed by atoms with Gasteiger partial charge >= 0.3 is 5.97 Å². The number of hydrogen-bond acceptors (Lipinski definition) is 4. The number of anilines is 1. The average Bonchev–Trinajstić information content (AvgIpc) is 3.30. The summed E-state index contributed by atoms with van der Waals surface area (Å²) in [4.78, 5) is 25.3. The number of thiophene rings is 1. The van der Waals surface area contributed by atoms with Gasteiger partial charge in [-0.05, 0) is 36.2 Å². The van der Waals surface area contributed by atoms with Crippen molar-refractivity contribution >= 4 is 50.0 Å². The summed E-state index contributed by atoms with van der Waals surface area (Å²) in [5, 5.41) is 18.4. The predicted molar refractivity (Wildman–Crippen MR) is 110 cm³/mol. The number of carboxylic acids is 1. The molecule has 144 valence electrons. The summed E-state index contributed by atoms with van der Waals surface area (Å²) in [6, 6.07) is 9.19. The molecule has 0 saturated carbocycles. The van der Waals surface area contributed by atoms with Crippen LogP contribution in [0.25, 0.3) is 21.1 Å². The van der Waals surface area contributed by atoms with Crippen LogP contribution in [0.1, 0.15) is 35.1 Å². The summed E-state index contributed by atoms with van der Waals surface area (Å²) >= 11 is 1.42. The molecule has 0 atom stereocenters. The lowest BCUT2D eigenvalue weighted by Gasteiger charge is -2.06. The zero-order valence-corrected chi connectivity index (χ0v) is 16.6. The molecule has 0 saturated heterocycles. The van der Waals surface area contributed by atoms with Gasteiger partial charge in [0.25, 0.3) is 5.91 Å². The standard InChI is InChI=1S/C20H20N4O3S/c1-11(2)18-14-9-16(28-20(14)23(3)22-18)19(27)21-13-4-5-15-12(8-13)6-7-24(15)10-17(25)26/h4-9,11H,10H2,1-3H3,(H,21,27)(H,25,26). The molecule has 4 aromatic rings. The molecule has 0 unspecified atom stereocenters. The number of nitrogens with zero attached hydrogens (tertiary/aromatic N) is 3. The maximum atomic E-state index is 12.7. The summed E-state index contributed by atoms with van der Waals surface area (Å²) in [5.74, 6) is -0.776. The number of carboxylic acid groups (broad SMARTS) is 1. The van der Waals surface area contributed by atoms with Gasteiger partial charge < -0.3 is 15.0 Å². The van der Waals surface area contributed by atoms with E-state index >= 15 is 0 Å². The molecule has 7 nitrogen and oxygen atoms in total. The molecule has 0 bridgehead atoms. The third-order valence-electron chi connectivity index (χ3n) is 4.65. The van der Waals surface area contributed by atoms with Crippen LogP contribution in [0.4, 0.5) is 5.69 Å². The van der Waals surface area contributed by atoms with Gasteiger partial charge in [0.1, 0.15) is 11.4 Å². The van der Waals surface area contributed by atoms with E-state index in [4.69, 9.17) is 5.11 Å². The van der Waals surface area contributed by atoms with Crippen molar-refractivity contribution in [1.82, 2.24) is 14.3 Å². The van der Waals surface area contributed by atoms with Gasteiger partial charge in [-0.25, -0.2) is 0 Å². The molecular formula is C20H20N4O3S. The zero-order valence-electron chi connectivity index (χ0n) is 15.8. The Balaban J connectivity index is 1.60. The van der Waals surface area contributed by atoms with E-state index in [-0.39, 0.29) is 18.4 Å². The fraction of sp³-hybridized carbons (Fsp3) is 0.250. The van der Waals surface area contributed by atoms with E-state index in [1.54, 1.807) is 16.8 Å². The number of benzene rings is 1. The van der Waals surface area contributed by atoms with E-state index in [0.717, 1.165) is 26.8 Å². The van der Waals surface area contributed by atoms with Crippen molar-refractivity contribution in [3.63, 3.8) is 0 Å². The van der Waals surface area contributed by atoms with Crippen LogP contribution in [-0.4, -0.2) is 31.3 Å². The zero-order chi connectivity index (χ0) is 20.0. The Labute approximate surface area is 165 Å². The molecule has 0 fully saturated rings. The van der Waals surface area contributed by atoms with Crippen LogP contribution < -0.4 is 5.32 Å². The van der Waals surface area contributed by atoms with Crippen molar-refractivity contribution in [3.05, 3.63) is 47.1 Å². The highest BCUT2D eigenvalue weighted by atomic mass is 32.1. The molecule has 0 aliphatic carbocycles. The highest BCUT2D eigenvalue weighted by molar-refractivity contribution is 7.20. The van der Waals surface area contributed by atoms with Crippen LogP contribution in [0.3, 0.4) is 0 Å². The van der Waals surface area contributed by atoms with Crippen molar-refractivity contribution in [3.8, 4) is 0 Å². The topological polar surface area (TPSA) is 89.2 Å². The Morgan fingerprint density at radius 2 is 2.04 bits per heavy atom. The SMILES string of the molecule is CC(C)c1nn(C)c2sc(C(=O)Nc3ccc4c(ccn4CC(=O)O)c3)cc12. The average molecular weight is 396 g/mol. The van der Waals surface area contributed by atoms with Crippen molar-refractivity contribution in [2.75, 3.05) is 5.32 Å². The minimum atomic E-state index is -0.894. The molecule has 0 radical (unpaired) electrons. The first-order valence-electron chi connectivity index (χ1n) is 8.92. The van der Waals surface area contributed by atoms with Gasteiger partial charge in [0.05, 0.1) is 10.6 Å². The molecule has 1 aromatic carbocycles. The Bertz CT molecular complexity index is 1220. The van der Waals surface area contributed by atoms with E-state index in [9.17, 15) is 9.59 Å². The second-order valence-electron chi connectivity index (χ2n) is 7.06. The van der Waals surface area contributed by atoms with Gasteiger partial charge in [-0.1, -0.05) is 13.8 Å². The number of rotatable bonds is 5. The van der Waals surface area contributed by atoms with Crippen LogP contribution in [0.5, 0.6) is 0 Å². The fourth-order valence-corrected chi connectivity index (χ4v) is 4.33. The third kappa shape index (κ3) is 3.16. The van der Waals surface area contributed by atoms with Crippen molar-refractivity contribution in [1.29, 1.82) is 0 Å². The highest BCUT2D eigenvalue weighted by Crippen LogP contribution is 2.32. The Hall–Kier alpha value is -3.13. The minimum absolute atomic E-state index is 0.0940. The number of fused-ring (bicyclic) bond motifs is 2. The summed E-state index contributed by atoms with van der Waals surface area (Å²) in [7, 11) is 1.89. The van der Waals surface area contributed by atoms with Crippen LogP contribution in [-0.2, 0) is 18.4 Å². The molecule has 1 amide bonds. The van der Waals surface area contributed by atoms with Crippen molar-refractivity contribution in [2.45, 2.75) is 26.3 Å². The van der Waals surface area contributed by atoms with E-state index in [0.29, 0.717) is 10.6 Å². The molecule has 3 heterocycles. The van der Waals surface area contributed by atoms with Gasteiger partial charge in [0, 0.05) is 35.2 Å². The number of carbonyl (C=O) groups excluding carboxylic acids is 1. The van der Waals surface area contributed by atoms with E-state index in [2.05, 4.69) is 24.3 Å². The van der Waals surface area contributed by atoms with Crippen LogP contribution in [0.15, 0.2) is 36.5 Å². The van der Waals surface area contributed by atoms with E-state index in [1.165, 1.54) is 11.3 Å². The molecule has 3 aromatic heterocycles. The minimum Gasteiger partial charge on any atom is -0.480 e. The number of amides is 1. The molecule has 0 spiro atoms. The quantitative estimate of drug-likeness (QED) is 0.533. The van der Waals surface area contributed by atoms with Crippen molar-refractivity contribution in [2.24, 2.45) is 7.05 Å². The van der Waals surface area contributed by atoms with Gasteiger partial charge in [-0.3, -0.25) is 14.3 Å². The molecule has 0 aliphatic rings. The summed E-state index contributed by atoms with van der Waals surface area (Å²) in [5.41, 5.74) is 2.48. The maximum absolute atomic E-state index is 12.7. The predicted octanol–water partition coefficient (Wildman–Crippen LogP) is 4.05. The molecule has 4 rings (SSSR count). The molecule has 2 N–H and O–H groups in total. The first-order valence-corrected chi connectivity index (χ1v) is 9.73. The van der Waals surface area contributed by atoms with E-state index in [1.807, 2.05) is 36.0 Å². The Morgan fingerprint density at radius 3 is 2.75 bits per heavy atom. The van der Waals surface area contributed by atoms with Gasteiger partial charge in [-0.2, -0.15) is 5.10 Å². The summed E-state index contributed by atoms with van der Waals surface area (Å²) in [6.07, 6.45) is 1.73. The lowest BCUT2D eigenvalue weighted by Crippen LogP contribution is -2.10. The number of nitrogens with one attached hydrogen (secondary N) is 1. The Kier molecular flexibility index (Phi) is 4.43. The number of aromatic nitrogens is 3. The largest absolute Gasteiger partial charge is 0.480 e. The van der Waals surface area contributed by atoms with Crippen LogP contribution in [0, 0.1) is 0 Å². The second kappa shape index (κ2) is 6.79. The highest BCUT2D eigenvalue weighted by Gasteiger charge is 2.18. The lowest BCUT2D eigenvalue weighted by molar-refractivity contribution is -0.137. The monoisotopic (exact) mass is 396 g/mol. The molecule has 0 aliphatic heterocycles. The lowest BCUT2D eigenvalue weighted by atomic mass is 10.1.